The Balaban J connectivity index is 1.87. The first-order valence-electron chi connectivity index (χ1n) is 5.30. The van der Waals surface area contributed by atoms with E-state index in [0.29, 0.717) is 5.41 Å². The van der Waals surface area contributed by atoms with E-state index in [4.69, 9.17) is 5.11 Å². The van der Waals surface area contributed by atoms with Crippen LogP contribution in [0.1, 0.15) is 13.3 Å². The van der Waals surface area contributed by atoms with Crippen molar-refractivity contribution in [2.75, 3.05) is 39.3 Å². The molecule has 1 spiro atoms. The summed E-state index contributed by atoms with van der Waals surface area (Å²) >= 11 is 0. The largest absolute Gasteiger partial charge is 0.387 e. The molecule has 1 N–H and O–H groups in total. The first-order valence-corrected chi connectivity index (χ1v) is 5.30. The molecule has 0 aromatic rings. The quantitative estimate of drug-likeness (QED) is 0.652. The van der Waals surface area contributed by atoms with Crippen molar-refractivity contribution in [2.45, 2.75) is 13.3 Å². The maximum absolute atomic E-state index is 11.3. The van der Waals surface area contributed by atoms with Gasteiger partial charge in [-0.3, -0.25) is 4.79 Å². The summed E-state index contributed by atoms with van der Waals surface area (Å²) < 4.78 is 0. The number of hydrogen-bond donors (Lipinski definition) is 1. The highest BCUT2D eigenvalue weighted by molar-refractivity contribution is 5.77. The molecule has 4 heteroatoms. The molecule has 1 amide bonds. The monoisotopic (exact) mass is 198 g/mol. The molecule has 2 heterocycles. The zero-order chi connectivity index (χ0) is 10.2. The number of amides is 1. The van der Waals surface area contributed by atoms with Gasteiger partial charge >= 0.3 is 0 Å². The lowest BCUT2D eigenvalue weighted by Crippen LogP contribution is -2.57. The van der Waals surface area contributed by atoms with Gasteiger partial charge in [0.05, 0.1) is 0 Å². The fraction of sp³-hybridized carbons (Fsp3) is 0.900. The third-order valence-corrected chi connectivity index (χ3v) is 3.49. The molecule has 0 aromatic carbocycles. The molecule has 2 fully saturated rings. The van der Waals surface area contributed by atoms with E-state index >= 15 is 0 Å². The molecular weight excluding hydrogens is 180 g/mol. The lowest BCUT2D eigenvalue weighted by Gasteiger charge is -2.47. The smallest absolute Gasteiger partial charge is 0.248 e. The maximum Gasteiger partial charge on any atom is 0.248 e. The standard InChI is InChI=1S/C10H18N2O2/c1-2-11-6-10(7-11)3-4-12(8-10)9(14)5-13/h13H,2-8H2,1H3. The Labute approximate surface area is 84.5 Å². The molecule has 2 saturated heterocycles. The molecule has 14 heavy (non-hydrogen) atoms. The number of carbonyl (C=O) groups is 1. The van der Waals surface area contributed by atoms with Crippen molar-refractivity contribution >= 4 is 5.91 Å². The normalized spacial score (nSPS) is 25.4. The van der Waals surface area contributed by atoms with Crippen LogP contribution in [0.5, 0.6) is 0 Å². The summed E-state index contributed by atoms with van der Waals surface area (Å²) in [5.74, 6) is -0.114. The van der Waals surface area contributed by atoms with Crippen molar-refractivity contribution in [1.29, 1.82) is 0 Å². The molecular formula is C10H18N2O2. The Hall–Kier alpha value is -0.610. The van der Waals surface area contributed by atoms with Gasteiger partial charge in [-0.25, -0.2) is 0 Å². The summed E-state index contributed by atoms with van der Waals surface area (Å²) in [5.41, 5.74) is 0.362. The summed E-state index contributed by atoms with van der Waals surface area (Å²) in [6.45, 7) is 6.86. The van der Waals surface area contributed by atoms with Gasteiger partial charge in [0.1, 0.15) is 6.61 Å². The number of nitrogens with zero attached hydrogens (tertiary/aromatic N) is 2. The van der Waals surface area contributed by atoms with Crippen LogP contribution in [-0.2, 0) is 4.79 Å². The highest BCUT2D eigenvalue weighted by Gasteiger charge is 2.47. The summed E-state index contributed by atoms with van der Waals surface area (Å²) in [6.07, 6.45) is 1.11. The van der Waals surface area contributed by atoms with E-state index in [-0.39, 0.29) is 12.5 Å². The van der Waals surface area contributed by atoms with Gasteiger partial charge in [0.2, 0.25) is 5.91 Å². The van der Waals surface area contributed by atoms with Crippen molar-refractivity contribution in [3.05, 3.63) is 0 Å². The second-order valence-corrected chi connectivity index (χ2v) is 4.53. The van der Waals surface area contributed by atoms with Crippen LogP contribution in [0.2, 0.25) is 0 Å². The molecule has 0 aliphatic carbocycles. The predicted octanol–water partition coefficient (Wildman–Crippen LogP) is -0.467. The van der Waals surface area contributed by atoms with Crippen LogP contribution >= 0.6 is 0 Å². The van der Waals surface area contributed by atoms with Crippen LogP contribution in [0.15, 0.2) is 0 Å². The number of carbonyl (C=O) groups excluding carboxylic acids is 1. The second-order valence-electron chi connectivity index (χ2n) is 4.53. The lowest BCUT2D eigenvalue weighted by atomic mass is 9.79. The van der Waals surface area contributed by atoms with Crippen LogP contribution in [0, 0.1) is 5.41 Å². The van der Waals surface area contributed by atoms with E-state index in [2.05, 4.69) is 11.8 Å². The maximum atomic E-state index is 11.3. The van der Waals surface area contributed by atoms with E-state index in [1.807, 2.05) is 0 Å². The molecule has 0 aromatic heterocycles. The van der Waals surface area contributed by atoms with Gasteiger partial charge in [0, 0.05) is 31.6 Å². The summed E-state index contributed by atoms with van der Waals surface area (Å²) in [7, 11) is 0. The van der Waals surface area contributed by atoms with Gasteiger partial charge in [-0.2, -0.15) is 0 Å². The fourth-order valence-electron chi connectivity index (χ4n) is 2.63. The Bertz CT molecular complexity index is 236. The van der Waals surface area contributed by atoms with Gasteiger partial charge < -0.3 is 14.9 Å². The molecule has 0 radical (unpaired) electrons. The van der Waals surface area contributed by atoms with Gasteiger partial charge in [-0.05, 0) is 13.0 Å². The Morgan fingerprint density at radius 3 is 2.71 bits per heavy atom. The van der Waals surface area contributed by atoms with Crippen molar-refractivity contribution in [1.82, 2.24) is 9.80 Å². The van der Waals surface area contributed by atoms with Crippen LogP contribution in [0.3, 0.4) is 0 Å². The minimum atomic E-state index is -0.340. The molecule has 2 aliphatic rings. The molecule has 0 bridgehead atoms. The summed E-state index contributed by atoms with van der Waals surface area (Å²) in [6, 6.07) is 0. The van der Waals surface area contributed by atoms with Crippen LogP contribution in [-0.4, -0.2) is 60.1 Å². The first-order chi connectivity index (χ1) is 6.69. The molecule has 0 saturated carbocycles. The third kappa shape index (κ3) is 1.53. The third-order valence-electron chi connectivity index (χ3n) is 3.49. The average Bonchev–Trinajstić information content (AvgIpc) is 2.58. The van der Waals surface area contributed by atoms with Crippen molar-refractivity contribution in [2.24, 2.45) is 5.41 Å². The van der Waals surface area contributed by atoms with Gasteiger partial charge in [0.15, 0.2) is 0 Å². The van der Waals surface area contributed by atoms with Gasteiger partial charge in [0.25, 0.3) is 0 Å². The van der Waals surface area contributed by atoms with Crippen molar-refractivity contribution in [3.8, 4) is 0 Å². The Morgan fingerprint density at radius 1 is 1.43 bits per heavy atom. The van der Waals surface area contributed by atoms with Gasteiger partial charge in [-0.15, -0.1) is 0 Å². The fourth-order valence-corrected chi connectivity index (χ4v) is 2.63. The minimum absolute atomic E-state index is 0.114. The zero-order valence-corrected chi connectivity index (χ0v) is 8.70. The summed E-state index contributed by atoms with van der Waals surface area (Å²) in [4.78, 5) is 15.4. The SMILES string of the molecule is CCN1CC2(CCN(C(=O)CO)C2)C1. The van der Waals surface area contributed by atoms with E-state index < -0.39 is 0 Å². The van der Waals surface area contributed by atoms with Crippen molar-refractivity contribution < 1.29 is 9.90 Å². The predicted molar refractivity (Wildman–Crippen MR) is 52.8 cm³/mol. The van der Waals surface area contributed by atoms with Crippen molar-refractivity contribution in [3.63, 3.8) is 0 Å². The molecule has 0 unspecified atom stereocenters. The Morgan fingerprint density at radius 2 is 2.14 bits per heavy atom. The van der Waals surface area contributed by atoms with Crippen LogP contribution < -0.4 is 0 Å². The average molecular weight is 198 g/mol. The topological polar surface area (TPSA) is 43.8 Å². The Kier molecular flexibility index (Phi) is 2.49. The zero-order valence-electron chi connectivity index (χ0n) is 8.70. The highest BCUT2D eigenvalue weighted by atomic mass is 16.3. The lowest BCUT2D eigenvalue weighted by molar-refractivity contribution is -0.134. The number of rotatable bonds is 2. The molecule has 2 aliphatic heterocycles. The molecule has 80 valence electrons. The number of aliphatic hydroxyl groups is 1. The summed E-state index contributed by atoms with van der Waals surface area (Å²) in [5, 5.41) is 8.75. The number of hydrogen-bond acceptors (Lipinski definition) is 3. The molecule has 0 atom stereocenters. The van der Waals surface area contributed by atoms with Gasteiger partial charge in [-0.1, -0.05) is 6.92 Å². The minimum Gasteiger partial charge on any atom is -0.387 e. The number of likely N-dealkylation sites (tertiary alicyclic amines) is 2. The first kappa shape index (κ1) is 9.93. The van der Waals surface area contributed by atoms with Crippen LogP contribution in [0.4, 0.5) is 0 Å². The van der Waals surface area contributed by atoms with Crippen LogP contribution in [0.25, 0.3) is 0 Å². The molecule has 4 nitrogen and oxygen atoms in total. The van der Waals surface area contributed by atoms with E-state index in [1.165, 1.54) is 0 Å². The van der Waals surface area contributed by atoms with E-state index in [9.17, 15) is 4.79 Å². The second kappa shape index (κ2) is 3.51. The highest BCUT2D eigenvalue weighted by Crippen LogP contribution is 2.39. The van der Waals surface area contributed by atoms with E-state index in [0.717, 1.165) is 39.1 Å². The number of aliphatic hydroxyl groups excluding tert-OH is 1. The molecule has 2 rings (SSSR count). The van der Waals surface area contributed by atoms with E-state index in [1.54, 1.807) is 4.90 Å².